The minimum absolute atomic E-state index is 0.0600. The van der Waals surface area contributed by atoms with Gasteiger partial charge in [-0.25, -0.2) is 0 Å². The second-order valence-electron chi connectivity index (χ2n) is 4.83. The van der Waals surface area contributed by atoms with Gasteiger partial charge in [0, 0.05) is 12.5 Å². The van der Waals surface area contributed by atoms with Crippen molar-refractivity contribution in [3.63, 3.8) is 0 Å². The molecule has 2 fully saturated rings. The fourth-order valence-corrected chi connectivity index (χ4v) is 2.68. The van der Waals surface area contributed by atoms with E-state index in [4.69, 9.17) is 9.26 Å². The summed E-state index contributed by atoms with van der Waals surface area (Å²) < 4.78 is 10.9. The van der Waals surface area contributed by atoms with Gasteiger partial charge in [0.05, 0.1) is 0 Å². The Bertz CT molecular complexity index is 339. The maximum absolute atomic E-state index is 5.54. The molecular weight excluding hydrogens is 204 g/mol. The van der Waals surface area contributed by atoms with Crippen molar-refractivity contribution in [1.29, 1.82) is 0 Å². The molecule has 4 nitrogen and oxygen atoms in total. The van der Waals surface area contributed by atoms with Gasteiger partial charge in [-0.2, -0.15) is 4.98 Å². The molecule has 2 heterocycles. The van der Waals surface area contributed by atoms with Crippen LogP contribution in [0.4, 0.5) is 0 Å². The quantitative estimate of drug-likeness (QED) is 0.771. The van der Waals surface area contributed by atoms with E-state index in [1.54, 1.807) is 0 Å². The van der Waals surface area contributed by atoms with Crippen molar-refractivity contribution in [3.8, 4) is 0 Å². The van der Waals surface area contributed by atoms with Crippen molar-refractivity contribution in [2.75, 3.05) is 6.61 Å². The summed E-state index contributed by atoms with van der Waals surface area (Å²) in [6, 6.07) is 0. The Labute approximate surface area is 95.4 Å². The van der Waals surface area contributed by atoms with Gasteiger partial charge in [0.2, 0.25) is 0 Å². The summed E-state index contributed by atoms with van der Waals surface area (Å²) in [5.74, 6) is 2.12. The molecule has 0 spiro atoms. The average molecular weight is 222 g/mol. The molecule has 0 bridgehead atoms. The minimum atomic E-state index is 0.0600. The number of rotatable bonds is 2. The molecule has 88 valence electrons. The molecule has 4 heteroatoms. The van der Waals surface area contributed by atoms with Crippen molar-refractivity contribution in [3.05, 3.63) is 11.7 Å². The molecule has 1 aromatic rings. The summed E-state index contributed by atoms with van der Waals surface area (Å²) in [6.45, 7) is 0.825. The monoisotopic (exact) mass is 222 g/mol. The van der Waals surface area contributed by atoms with Crippen LogP contribution in [0, 0.1) is 0 Å². The van der Waals surface area contributed by atoms with Crippen molar-refractivity contribution >= 4 is 0 Å². The average Bonchev–Trinajstić information content (AvgIpc) is 3.01. The molecule has 0 radical (unpaired) electrons. The Morgan fingerprint density at radius 3 is 2.62 bits per heavy atom. The summed E-state index contributed by atoms with van der Waals surface area (Å²) in [5, 5.41) is 4.12. The van der Waals surface area contributed by atoms with Gasteiger partial charge in [0.1, 0.15) is 6.10 Å². The molecule has 16 heavy (non-hydrogen) atoms. The zero-order valence-electron chi connectivity index (χ0n) is 9.52. The number of hydrogen-bond acceptors (Lipinski definition) is 4. The summed E-state index contributed by atoms with van der Waals surface area (Å²) in [7, 11) is 0. The molecule has 1 aromatic heterocycles. The highest BCUT2D eigenvalue weighted by molar-refractivity contribution is 4.99. The highest BCUT2D eigenvalue weighted by atomic mass is 16.5. The van der Waals surface area contributed by atoms with Crippen LogP contribution in [0.3, 0.4) is 0 Å². The normalized spacial score (nSPS) is 27.4. The van der Waals surface area contributed by atoms with Crippen LogP contribution in [0.2, 0.25) is 0 Å². The van der Waals surface area contributed by atoms with Gasteiger partial charge >= 0.3 is 0 Å². The summed E-state index contributed by atoms with van der Waals surface area (Å²) in [6.07, 6.45) is 8.56. The van der Waals surface area contributed by atoms with Gasteiger partial charge in [-0.1, -0.05) is 24.4 Å². The highest BCUT2D eigenvalue weighted by Crippen LogP contribution is 2.33. The van der Waals surface area contributed by atoms with E-state index < -0.39 is 0 Å². The Hall–Kier alpha value is -0.900. The molecule has 3 rings (SSSR count). The zero-order valence-corrected chi connectivity index (χ0v) is 9.52. The third-order valence-electron chi connectivity index (χ3n) is 3.63. The molecule has 1 saturated carbocycles. The van der Waals surface area contributed by atoms with Crippen LogP contribution in [-0.2, 0) is 4.74 Å². The van der Waals surface area contributed by atoms with Crippen molar-refractivity contribution in [2.24, 2.45) is 0 Å². The summed E-state index contributed by atoms with van der Waals surface area (Å²) in [5.41, 5.74) is 0. The fourth-order valence-electron chi connectivity index (χ4n) is 2.68. The van der Waals surface area contributed by atoms with Crippen LogP contribution >= 0.6 is 0 Å². The fraction of sp³-hybridized carbons (Fsp3) is 0.833. The molecule has 1 atom stereocenters. The number of aromatic nitrogens is 2. The highest BCUT2D eigenvalue weighted by Gasteiger charge is 2.26. The standard InChI is InChI=1S/C12H18N2O2/c1-2-5-9(6-3-1)11-13-12(16-14-11)10-7-4-8-15-10/h9-10H,1-8H2. The number of nitrogens with zero attached hydrogens (tertiary/aromatic N) is 2. The Balaban J connectivity index is 1.71. The minimum Gasteiger partial charge on any atom is -0.368 e. The van der Waals surface area contributed by atoms with E-state index in [-0.39, 0.29) is 6.10 Å². The van der Waals surface area contributed by atoms with E-state index in [0.29, 0.717) is 11.8 Å². The molecule has 1 saturated heterocycles. The van der Waals surface area contributed by atoms with Crippen molar-refractivity contribution in [1.82, 2.24) is 10.1 Å². The van der Waals surface area contributed by atoms with E-state index in [0.717, 1.165) is 25.3 Å². The van der Waals surface area contributed by atoms with E-state index >= 15 is 0 Å². The molecule has 2 aliphatic rings. The predicted molar refractivity (Wildman–Crippen MR) is 58.1 cm³/mol. The SMILES string of the molecule is C1CCC(c2noc(C3CCCO3)n2)CC1. The lowest BCUT2D eigenvalue weighted by molar-refractivity contribution is 0.0835. The van der Waals surface area contributed by atoms with Crippen LogP contribution in [0.25, 0.3) is 0 Å². The Kier molecular flexibility index (Phi) is 2.91. The van der Waals surface area contributed by atoms with Gasteiger partial charge in [0.25, 0.3) is 5.89 Å². The molecular formula is C12H18N2O2. The van der Waals surface area contributed by atoms with Gasteiger partial charge in [-0.3, -0.25) is 0 Å². The molecule has 1 aliphatic heterocycles. The van der Waals surface area contributed by atoms with Crippen molar-refractivity contribution in [2.45, 2.75) is 57.0 Å². The number of hydrogen-bond donors (Lipinski definition) is 0. The van der Waals surface area contributed by atoms with Crippen LogP contribution < -0.4 is 0 Å². The van der Waals surface area contributed by atoms with Crippen molar-refractivity contribution < 1.29 is 9.26 Å². The van der Waals surface area contributed by atoms with E-state index in [1.165, 1.54) is 32.1 Å². The largest absolute Gasteiger partial charge is 0.368 e. The first-order chi connectivity index (χ1) is 7.93. The second-order valence-corrected chi connectivity index (χ2v) is 4.83. The van der Waals surface area contributed by atoms with Gasteiger partial charge in [0.15, 0.2) is 5.82 Å². The first-order valence-corrected chi connectivity index (χ1v) is 6.38. The van der Waals surface area contributed by atoms with Gasteiger partial charge in [-0.05, 0) is 25.7 Å². The lowest BCUT2D eigenvalue weighted by atomic mass is 9.89. The maximum Gasteiger partial charge on any atom is 0.255 e. The first kappa shape index (κ1) is 10.3. The summed E-state index contributed by atoms with van der Waals surface area (Å²) >= 11 is 0. The molecule has 0 amide bonds. The lowest BCUT2D eigenvalue weighted by Crippen LogP contribution is -2.06. The molecule has 0 N–H and O–H groups in total. The van der Waals surface area contributed by atoms with E-state index in [2.05, 4.69) is 10.1 Å². The smallest absolute Gasteiger partial charge is 0.255 e. The Morgan fingerprint density at radius 2 is 1.88 bits per heavy atom. The lowest BCUT2D eigenvalue weighted by Gasteiger charge is -2.17. The van der Waals surface area contributed by atoms with Gasteiger partial charge in [-0.15, -0.1) is 0 Å². The van der Waals surface area contributed by atoms with Crippen LogP contribution in [-0.4, -0.2) is 16.7 Å². The van der Waals surface area contributed by atoms with Crippen LogP contribution in [0.5, 0.6) is 0 Å². The van der Waals surface area contributed by atoms with Crippen LogP contribution in [0.15, 0.2) is 4.52 Å². The molecule has 0 aromatic carbocycles. The van der Waals surface area contributed by atoms with Crippen LogP contribution in [0.1, 0.15) is 68.7 Å². The first-order valence-electron chi connectivity index (χ1n) is 6.38. The second kappa shape index (κ2) is 4.53. The van der Waals surface area contributed by atoms with E-state index in [9.17, 15) is 0 Å². The zero-order chi connectivity index (χ0) is 10.8. The molecule has 1 aliphatic carbocycles. The summed E-state index contributed by atoms with van der Waals surface area (Å²) in [4.78, 5) is 4.51. The predicted octanol–water partition coefficient (Wildman–Crippen LogP) is 2.97. The topological polar surface area (TPSA) is 48.2 Å². The third kappa shape index (κ3) is 1.98. The number of ether oxygens (including phenoxy) is 1. The Morgan fingerprint density at radius 1 is 1.00 bits per heavy atom. The van der Waals surface area contributed by atoms with Gasteiger partial charge < -0.3 is 9.26 Å². The maximum atomic E-state index is 5.54. The third-order valence-corrected chi connectivity index (χ3v) is 3.63. The van der Waals surface area contributed by atoms with E-state index in [1.807, 2.05) is 0 Å². The molecule has 1 unspecified atom stereocenters.